The first kappa shape index (κ1) is 20.3. The smallest absolute Gasteiger partial charge is 0.282 e. The van der Waals surface area contributed by atoms with Crippen LogP contribution in [0.25, 0.3) is 5.57 Å². The van der Waals surface area contributed by atoms with E-state index in [1.165, 1.54) is 17.4 Å². The third-order valence-electron chi connectivity index (χ3n) is 5.56. The van der Waals surface area contributed by atoms with Crippen LogP contribution >= 0.6 is 11.3 Å². The Hall–Kier alpha value is -3.59. The predicted molar refractivity (Wildman–Crippen MR) is 118 cm³/mol. The second-order valence-corrected chi connectivity index (χ2v) is 8.35. The second-order valence-electron chi connectivity index (χ2n) is 7.41. The molecule has 6 nitrogen and oxygen atoms in total. The Labute approximate surface area is 187 Å². The molecule has 2 aliphatic rings. The van der Waals surface area contributed by atoms with Crippen LogP contribution in [0.2, 0.25) is 0 Å². The second kappa shape index (κ2) is 8.16. The van der Waals surface area contributed by atoms with Crippen molar-refractivity contribution in [2.45, 2.75) is 0 Å². The van der Waals surface area contributed by atoms with Crippen LogP contribution < -0.4 is 9.80 Å². The van der Waals surface area contributed by atoms with Gasteiger partial charge in [0.05, 0.1) is 11.3 Å². The zero-order valence-electron chi connectivity index (χ0n) is 16.9. The fraction of sp³-hybridized carbons (Fsp3) is 0.174. The molecule has 0 radical (unpaired) electrons. The molecule has 2 amide bonds. The number of thiophene rings is 1. The Morgan fingerprint density at radius 2 is 1.62 bits per heavy atom. The predicted octanol–water partition coefficient (Wildman–Crippen LogP) is 3.53. The maximum atomic E-state index is 13.9. The molecule has 0 saturated carbocycles. The Balaban J connectivity index is 1.48. The molecule has 3 aromatic rings. The molecular weight excluding hydrogens is 434 g/mol. The Morgan fingerprint density at radius 3 is 2.28 bits per heavy atom. The monoisotopic (exact) mass is 452 g/mol. The zero-order chi connectivity index (χ0) is 22.2. The molecule has 9 heteroatoms. The van der Waals surface area contributed by atoms with E-state index in [9.17, 15) is 18.4 Å². The van der Waals surface area contributed by atoms with Crippen molar-refractivity contribution >= 4 is 40.2 Å². The summed E-state index contributed by atoms with van der Waals surface area (Å²) >= 11 is 1.36. The van der Waals surface area contributed by atoms with Crippen molar-refractivity contribution in [2.24, 2.45) is 0 Å². The molecule has 1 aromatic carbocycles. The Kier molecular flexibility index (Phi) is 5.18. The molecule has 5 rings (SSSR count). The molecule has 0 bridgehead atoms. The van der Waals surface area contributed by atoms with Gasteiger partial charge in [-0.15, -0.1) is 11.3 Å². The number of rotatable bonds is 4. The highest BCUT2D eigenvalue weighted by Gasteiger charge is 2.43. The number of amides is 2. The lowest BCUT2D eigenvalue weighted by atomic mass is 10.1. The van der Waals surface area contributed by atoms with Gasteiger partial charge in [0.1, 0.15) is 11.5 Å². The van der Waals surface area contributed by atoms with Crippen molar-refractivity contribution in [2.75, 3.05) is 36.0 Å². The molecular formula is C23H18F2N4O2S. The molecule has 0 N–H and O–H groups in total. The lowest BCUT2D eigenvalue weighted by molar-refractivity contribution is -0.120. The number of halogens is 2. The number of hydrogen-bond acceptors (Lipinski definition) is 6. The molecule has 2 aromatic heterocycles. The summed E-state index contributed by atoms with van der Waals surface area (Å²) in [5.41, 5.74) is 0.596. The van der Waals surface area contributed by atoms with Gasteiger partial charge in [0.2, 0.25) is 0 Å². The van der Waals surface area contributed by atoms with Crippen LogP contribution in [0.15, 0.2) is 65.8 Å². The number of pyridine rings is 1. The minimum Gasteiger partial charge on any atom is -0.363 e. The zero-order valence-corrected chi connectivity index (χ0v) is 17.7. The third-order valence-corrected chi connectivity index (χ3v) is 6.44. The van der Waals surface area contributed by atoms with E-state index in [1.807, 2.05) is 34.5 Å². The highest BCUT2D eigenvalue weighted by atomic mass is 32.1. The number of hydrogen-bond donors (Lipinski definition) is 0. The molecule has 0 unspecified atom stereocenters. The molecule has 0 atom stereocenters. The first-order valence-corrected chi connectivity index (χ1v) is 11.0. The van der Waals surface area contributed by atoms with E-state index in [2.05, 4.69) is 9.88 Å². The van der Waals surface area contributed by atoms with E-state index in [-0.39, 0.29) is 5.69 Å². The number of aromatic nitrogens is 1. The highest BCUT2D eigenvalue weighted by Crippen LogP contribution is 2.37. The van der Waals surface area contributed by atoms with E-state index in [4.69, 9.17) is 0 Å². The number of imide groups is 1. The summed E-state index contributed by atoms with van der Waals surface area (Å²) in [6.45, 7) is 2.30. The molecule has 32 heavy (non-hydrogen) atoms. The van der Waals surface area contributed by atoms with E-state index in [0.29, 0.717) is 42.3 Å². The molecule has 2 aliphatic heterocycles. The normalized spacial score (nSPS) is 17.0. The first-order chi connectivity index (χ1) is 15.5. The van der Waals surface area contributed by atoms with Gasteiger partial charge in [-0.3, -0.25) is 9.59 Å². The van der Waals surface area contributed by atoms with Crippen LogP contribution in [0.1, 0.15) is 4.88 Å². The fourth-order valence-electron chi connectivity index (χ4n) is 4.01. The molecule has 0 spiro atoms. The van der Waals surface area contributed by atoms with Gasteiger partial charge in [0.15, 0.2) is 11.6 Å². The summed E-state index contributed by atoms with van der Waals surface area (Å²) in [4.78, 5) is 36.8. The summed E-state index contributed by atoms with van der Waals surface area (Å²) in [5, 5.41) is 1.83. The van der Waals surface area contributed by atoms with Crippen LogP contribution in [0.3, 0.4) is 0 Å². The number of nitrogens with zero attached hydrogens (tertiary/aromatic N) is 4. The van der Waals surface area contributed by atoms with Gasteiger partial charge in [-0.2, -0.15) is 0 Å². The van der Waals surface area contributed by atoms with Gasteiger partial charge in [-0.05, 0) is 35.7 Å². The number of benzene rings is 1. The fourth-order valence-corrected chi connectivity index (χ4v) is 4.78. The number of piperazine rings is 1. The summed E-state index contributed by atoms with van der Waals surface area (Å²) in [6, 6.07) is 12.3. The largest absolute Gasteiger partial charge is 0.363 e. The third kappa shape index (κ3) is 3.44. The lowest BCUT2D eigenvalue weighted by Gasteiger charge is -2.37. The van der Waals surface area contributed by atoms with Crippen LogP contribution in [0.5, 0.6) is 0 Å². The van der Waals surface area contributed by atoms with Crippen molar-refractivity contribution in [1.29, 1.82) is 0 Å². The van der Waals surface area contributed by atoms with E-state index in [0.717, 1.165) is 22.9 Å². The summed E-state index contributed by atoms with van der Waals surface area (Å²) in [6.07, 6.45) is 1.73. The number of carbonyl (C=O) groups excluding carboxylic acids is 2. The molecule has 162 valence electrons. The molecule has 1 saturated heterocycles. The Bertz CT molecular complexity index is 1210. The SMILES string of the molecule is O=C1C(c2cccs2)=C(N2CCN(c3ccccn3)CC2)C(=O)N1c1ccc(F)c(F)c1. The molecule has 4 heterocycles. The van der Waals surface area contributed by atoms with Crippen molar-refractivity contribution < 1.29 is 18.4 Å². The van der Waals surface area contributed by atoms with Gasteiger partial charge in [0, 0.05) is 43.3 Å². The quantitative estimate of drug-likeness (QED) is 0.567. The number of carbonyl (C=O) groups is 2. The van der Waals surface area contributed by atoms with Crippen molar-refractivity contribution in [3.8, 4) is 0 Å². The average Bonchev–Trinajstić information content (AvgIpc) is 3.42. The van der Waals surface area contributed by atoms with E-state index < -0.39 is 23.4 Å². The van der Waals surface area contributed by atoms with Crippen molar-refractivity contribution in [3.63, 3.8) is 0 Å². The maximum absolute atomic E-state index is 13.9. The van der Waals surface area contributed by atoms with Gasteiger partial charge in [-0.25, -0.2) is 18.7 Å². The lowest BCUT2D eigenvalue weighted by Crippen LogP contribution is -2.48. The van der Waals surface area contributed by atoms with Crippen LogP contribution in [0, 0.1) is 11.6 Å². The van der Waals surface area contributed by atoms with Crippen LogP contribution in [-0.4, -0.2) is 47.9 Å². The van der Waals surface area contributed by atoms with Gasteiger partial charge in [-0.1, -0.05) is 12.1 Å². The van der Waals surface area contributed by atoms with E-state index >= 15 is 0 Å². The van der Waals surface area contributed by atoms with Crippen LogP contribution in [0.4, 0.5) is 20.3 Å². The van der Waals surface area contributed by atoms with Crippen LogP contribution in [-0.2, 0) is 9.59 Å². The topological polar surface area (TPSA) is 56.8 Å². The Morgan fingerprint density at radius 1 is 0.844 bits per heavy atom. The van der Waals surface area contributed by atoms with Gasteiger partial charge in [0.25, 0.3) is 11.8 Å². The molecule has 1 fully saturated rings. The average molecular weight is 452 g/mol. The van der Waals surface area contributed by atoms with Crippen molar-refractivity contribution in [1.82, 2.24) is 9.88 Å². The van der Waals surface area contributed by atoms with Gasteiger partial charge >= 0.3 is 0 Å². The number of anilines is 2. The van der Waals surface area contributed by atoms with Gasteiger partial charge < -0.3 is 9.80 Å². The first-order valence-electron chi connectivity index (χ1n) is 10.1. The minimum absolute atomic E-state index is 0.00933. The minimum atomic E-state index is -1.11. The summed E-state index contributed by atoms with van der Waals surface area (Å²) in [7, 11) is 0. The highest BCUT2D eigenvalue weighted by molar-refractivity contribution is 7.11. The summed E-state index contributed by atoms with van der Waals surface area (Å²) < 4.78 is 27.3. The maximum Gasteiger partial charge on any atom is 0.282 e. The molecule has 0 aliphatic carbocycles. The standard InChI is InChI=1S/C23H18F2N4O2S/c24-16-7-6-15(14-17(16)25)29-22(30)20(18-4-3-13-32-18)21(23(29)31)28-11-9-27(10-12-28)19-5-1-2-8-26-19/h1-8,13-14H,9-12H2. The summed E-state index contributed by atoms with van der Waals surface area (Å²) in [5.74, 6) is -2.36. The van der Waals surface area contributed by atoms with Crippen molar-refractivity contribution in [3.05, 3.63) is 82.3 Å². The van der Waals surface area contributed by atoms with E-state index in [1.54, 1.807) is 12.3 Å².